The van der Waals surface area contributed by atoms with E-state index in [1.165, 1.54) is 38.0 Å². The number of hydrogen-bond donors (Lipinski definition) is 0. The van der Waals surface area contributed by atoms with Crippen molar-refractivity contribution in [3.05, 3.63) is 35.9 Å². The van der Waals surface area contributed by atoms with Crippen molar-refractivity contribution in [2.75, 3.05) is 32.8 Å². The second kappa shape index (κ2) is 9.22. The Hall–Kier alpha value is -0.860. The van der Waals surface area contributed by atoms with Crippen LogP contribution in [-0.4, -0.2) is 37.7 Å². The van der Waals surface area contributed by atoms with E-state index in [4.69, 9.17) is 4.74 Å². The molecule has 0 bridgehead atoms. The standard InChI is InChI=1S/C19H31NO/c1-17-14-18(2)16-20(15-17)11-7-13-21-12-6-10-19-8-4-3-5-9-19/h3-5,8-9,17-18H,6-7,10-16H2,1-2H3/t17-,18-/m1/s1. The molecule has 118 valence electrons. The zero-order chi connectivity index (χ0) is 14.9. The fraction of sp³-hybridized carbons (Fsp3) is 0.684. The Morgan fingerprint density at radius 3 is 2.38 bits per heavy atom. The van der Waals surface area contributed by atoms with Gasteiger partial charge in [0.15, 0.2) is 0 Å². The quantitative estimate of drug-likeness (QED) is 0.671. The van der Waals surface area contributed by atoms with Crippen molar-refractivity contribution >= 4 is 0 Å². The zero-order valence-corrected chi connectivity index (χ0v) is 13.8. The van der Waals surface area contributed by atoms with Gasteiger partial charge in [-0.05, 0) is 43.1 Å². The van der Waals surface area contributed by atoms with Crippen molar-refractivity contribution < 1.29 is 4.74 Å². The highest BCUT2D eigenvalue weighted by Crippen LogP contribution is 2.20. The minimum Gasteiger partial charge on any atom is -0.381 e. The molecular weight excluding hydrogens is 258 g/mol. The molecule has 1 heterocycles. The average molecular weight is 289 g/mol. The average Bonchev–Trinajstić information content (AvgIpc) is 2.46. The Morgan fingerprint density at radius 2 is 1.67 bits per heavy atom. The molecule has 2 nitrogen and oxygen atoms in total. The van der Waals surface area contributed by atoms with E-state index in [2.05, 4.69) is 49.1 Å². The number of benzene rings is 1. The maximum Gasteiger partial charge on any atom is 0.0478 e. The molecule has 2 rings (SSSR count). The summed E-state index contributed by atoms with van der Waals surface area (Å²) in [5.41, 5.74) is 1.41. The third-order valence-corrected chi connectivity index (χ3v) is 4.30. The number of piperidine rings is 1. The Bertz CT molecular complexity index is 368. The van der Waals surface area contributed by atoms with Crippen molar-refractivity contribution in [2.45, 2.75) is 39.5 Å². The predicted molar refractivity (Wildman–Crippen MR) is 89.6 cm³/mol. The van der Waals surface area contributed by atoms with Gasteiger partial charge in [0.25, 0.3) is 0 Å². The van der Waals surface area contributed by atoms with Gasteiger partial charge in [0, 0.05) is 32.8 Å². The Balaban J connectivity index is 1.47. The van der Waals surface area contributed by atoms with Gasteiger partial charge in [-0.1, -0.05) is 44.2 Å². The van der Waals surface area contributed by atoms with Gasteiger partial charge < -0.3 is 9.64 Å². The summed E-state index contributed by atoms with van der Waals surface area (Å²) in [4.78, 5) is 2.62. The van der Waals surface area contributed by atoms with Gasteiger partial charge in [-0.3, -0.25) is 0 Å². The van der Waals surface area contributed by atoms with Gasteiger partial charge in [0.2, 0.25) is 0 Å². The number of likely N-dealkylation sites (tertiary alicyclic amines) is 1. The summed E-state index contributed by atoms with van der Waals surface area (Å²) in [6, 6.07) is 10.7. The molecule has 0 aliphatic carbocycles. The first-order valence-electron chi connectivity index (χ1n) is 8.58. The van der Waals surface area contributed by atoms with Crippen LogP contribution < -0.4 is 0 Å². The highest BCUT2D eigenvalue weighted by atomic mass is 16.5. The smallest absolute Gasteiger partial charge is 0.0478 e. The lowest BCUT2D eigenvalue weighted by Crippen LogP contribution is -2.39. The lowest BCUT2D eigenvalue weighted by atomic mass is 9.92. The minimum atomic E-state index is 0.862. The second-order valence-electron chi connectivity index (χ2n) is 6.76. The van der Waals surface area contributed by atoms with Gasteiger partial charge in [-0.25, -0.2) is 0 Å². The largest absolute Gasteiger partial charge is 0.381 e. The normalized spacial score (nSPS) is 23.3. The topological polar surface area (TPSA) is 12.5 Å². The molecule has 1 aromatic carbocycles. The molecule has 1 aromatic rings. The summed E-state index contributed by atoms with van der Waals surface area (Å²) >= 11 is 0. The minimum absolute atomic E-state index is 0.862. The Kier molecular flexibility index (Phi) is 7.25. The van der Waals surface area contributed by atoms with Crippen LogP contribution in [-0.2, 0) is 11.2 Å². The molecule has 0 spiro atoms. The van der Waals surface area contributed by atoms with Gasteiger partial charge in [0.05, 0.1) is 0 Å². The van der Waals surface area contributed by atoms with Crippen LogP contribution in [0.25, 0.3) is 0 Å². The molecular formula is C19H31NO. The molecule has 0 N–H and O–H groups in total. The van der Waals surface area contributed by atoms with Crippen LogP contribution in [0.4, 0.5) is 0 Å². The summed E-state index contributed by atoms with van der Waals surface area (Å²) in [5, 5.41) is 0. The third kappa shape index (κ3) is 6.62. The van der Waals surface area contributed by atoms with Crippen molar-refractivity contribution in [1.29, 1.82) is 0 Å². The van der Waals surface area contributed by atoms with E-state index < -0.39 is 0 Å². The monoisotopic (exact) mass is 289 g/mol. The number of rotatable bonds is 8. The van der Waals surface area contributed by atoms with E-state index in [1.807, 2.05) is 0 Å². The first kappa shape index (κ1) is 16.5. The SMILES string of the molecule is C[C@@H]1C[C@@H](C)CN(CCCOCCCc2ccccc2)C1. The van der Waals surface area contributed by atoms with E-state index in [0.717, 1.165) is 37.9 Å². The summed E-state index contributed by atoms with van der Waals surface area (Å²) in [6.45, 7) is 10.3. The summed E-state index contributed by atoms with van der Waals surface area (Å²) in [6.07, 6.45) is 4.82. The Labute approximate surface area is 130 Å². The molecule has 0 saturated carbocycles. The highest BCUT2D eigenvalue weighted by Gasteiger charge is 2.20. The maximum absolute atomic E-state index is 5.77. The zero-order valence-electron chi connectivity index (χ0n) is 13.8. The van der Waals surface area contributed by atoms with Crippen LogP contribution in [0, 0.1) is 11.8 Å². The van der Waals surface area contributed by atoms with E-state index in [-0.39, 0.29) is 0 Å². The first-order valence-corrected chi connectivity index (χ1v) is 8.58. The van der Waals surface area contributed by atoms with Crippen LogP contribution in [0.15, 0.2) is 30.3 Å². The van der Waals surface area contributed by atoms with Crippen LogP contribution >= 0.6 is 0 Å². The number of ether oxygens (including phenoxy) is 1. The number of nitrogens with zero attached hydrogens (tertiary/aromatic N) is 1. The van der Waals surface area contributed by atoms with Gasteiger partial charge in [0.1, 0.15) is 0 Å². The van der Waals surface area contributed by atoms with Crippen LogP contribution in [0.3, 0.4) is 0 Å². The van der Waals surface area contributed by atoms with Crippen LogP contribution in [0.5, 0.6) is 0 Å². The predicted octanol–water partition coefficient (Wildman–Crippen LogP) is 4.00. The third-order valence-electron chi connectivity index (χ3n) is 4.30. The van der Waals surface area contributed by atoms with E-state index >= 15 is 0 Å². The molecule has 0 aromatic heterocycles. The maximum atomic E-state index is 5.77. The summed E-state index contributed by atoms with van der Waals surface area (Å²) in [7, 11) is 0. The summed E-state index contributed by atoms with van der Waals surface area (Å²) in [5.74, 6) is 1.72. The molecule has 21 heavy (non-hydrogen) atoms. The molecule has 1 fully saturated rings. The number of aryl methyl sites for hydroxylation is 1. The Morgan fingerprint density at radius 1 is 1.00 bits per heavy atom. The van der Waals surface area contributed by atoms with Crippen molar-refractivity contribution in [3.8, 4) is 0 Å². The first-order chi connectivity index (χ1) is 10.2. The van der Waals surface area contributed by atoms with Crippen molar-refractivity contribution in [3.63, 3.8) is 0 Å². The van der Waals surface area contributed by atoms with E-state index in [1.54, 1.807) is 0 Å². The molecule has 1 saturated heterocycles. The van der Waals surface area contributed by atoms with Crippen LogP contribution in [0.1, 0.15) is 38.7 Å². The van der Waals surface area contributed by atoms with E-state index in [0.29, 0.717) is 0 Å². The summed E-state index contributed by atoms with van der Waals surface area (Å²) < 4.78 is 5.77. The van der Waals surface area contributed by atoms with Crippen molar-refractivity contribution in [2.24, 2.45) is 11.8 Å². The van der Waals surface area contributed by atoms with Crippen LogP contribution in [0.2, 0.25) is 0 Å². The fourth-order valence-corrected chi connectivity index (χ4v) is 3.49. The molecule has 1 aliphatic heterocycles. The lowest BCUT2D eigenvalue weighted by Gasteiger charge is -2.34. The molecule has 2 atom stereocenters. The number of hydrogen-bond acceptors (Lipinski definition) is 2. The van der Waals surface area contributed by atoms with Gasteiger partial charge in [-0.2, -0.15) is 0 Å². The fourth-order valence-electron chi connectivity index (χ4n) is 3.49. The lowest BCUT2D eigenvalue weighted by molar-refractivity contribution is 0.0980. The highest BCUT2D eigenvalue weighted by molar-refractivity contribution is 5.14. The molecule has 1 aliphatic rings. The van der Waals surface area contributed by atoms with E-state index in [9.17, 15) is 0 Å². The van der Waals surface area contributed by atoms with Gasteiger partial charge in [-0.15, -0.1) is 0 Å². The molecule has 0 amide bonds. The van der Waals surface area contributed by atoms with Crippen molar-refractivity contribution in [1.82, 2.24) is 4.90 Å². The van der Waals surface area contributed by atoms with Gasteiger partial charge >= 0.3 is 0 Å². The second-order valence-corrected chi connectivity index (χ2v) is 6.76. The molecule has 0 unspecified atom stereocenters. The molecule has 2 heteroatoms. The molecule has 0 radical (unpaired) electrons.